The van der Waals surface area contributed by atoms with Gasteiger partial charge in [-0.2, -0.15) is 0 Å². The maximum Gasteiger partial charge on any atom is 0.306 e. The molecule has 1 aliphatic carbocycles. The number of ketones is 1. The summed E-state index contributed by atoms with van der Waals surface area (Å²) < 4.78 is 7.20. The fourth-order valence-corrected chi connectivity index (χ4v) is 4.40. The molecule has 0 saturated heterocycles. The Morgan fingerprint density at radius 2 is 1.82 bits per heavy atom. The van der Waals surface area contributed by atoms with Crippen molar-refractivity contribution in [2.45, 2.75) is 51.7 Å². The Morgan fingerprint density at radius 1 is 1.12 bits per heavy atom. The Balaban J connectivity index is 1.31. The van der Waals surface area contributed by atoms with Gasteiger partial charge in [-0.1, -0.05) is 30.3 Å². The van der Waals surface area contributed by atoms with Crippen LogP contribution in [0.3, 0.4) is 0 Å². The second-order valence-corrected chi connectivity index (χ2v) is 8.62. The lowest BCUT2D eigenvalue weighted by Crippen LogP contribution is -2.27. The van der Waals surface area contributed by atoms with Crippen LogP contribution in [0.2, 0.25) is 0 Å². The van der Waals surface area contributed by atoms with Crippen LogP contribution in [0.1, 0.15) is 54.1 Å². The molecule has 1 saturated carbocycles. The summed E-state index contributed by atoms with van der Waals surface area (Å²) in [7, 11) is 0. The lowest BCUT2D eigenvalue weighted by atomic mass is 10.0. The van der Waals surface area contributed by atoms with Crippen LogP contribution in [0.15, 0.2) is 53.3 Å². The number of benzene rings is 2. The van der Waals surface area contributed by atoms with E-state index in [1.165, 1.54) is 0 Å². The molecule has 0 radical (unpaired) electrons. The predicted molar refractivity (Wildman–Crippen MR) is 126 cm³/mol. The van der Waals surface area contributed by atoms with Crippen molar-refractivity contribution in [2.24, 2.45) is 0 Å². The molecule has 1 atom stereocenters. The number of nitrogens with one attached hydrogen (secondary N) is 1. The second-order valence-electron chi connectivity index (χ2n) is 8.62. The zero-order valence-electron chi connectivity index (χ0n) is 18.6. The van der Waals surface area contributed by atoms with Crippen molar-refractivity contribution in [3.05, 3.63) is 76.0 Å². The van der Waals surface area contributed by atoms with Gasteiger partial charge in [-0.15, -0.1) is 0 Å². The normalized spacial score (nSPS) is 14.5. The van der Waals surface area contributed by atoms with Crippen molar-refractivity contribution in [3.63, 3.8) is 0 Å². The van der Waals surface area contributed by atoms with E-state index >= 15 is 0 Å². The molecule has 7 nitrogen and oxygen atoms in total. The van der Waals surface area contributed by atoms with Crippen LogP contribution in [0.4, 0.5) is 0 Å². The Labute approximate surface area is 190 Å². The van der Waals surface area contributed by atoms with Gasteiger partial charge in [0, 0.05) is 34.6 Å². The summed E-state index contributed by atoms with van der Waals surface area (Å²) in [4.78, 5) is 46.5. The third-order valence-corrected chi connectivity index (χ3v) is 6.16. The molecular formula is C26H25N3O4. The monoisotopic (exact) mass is 443 g/mol. The van der Waals surface area contributed by atoms with Gasteiger partial charge in [0.05, 0.1) is 17.3 Å². The van der Waals surface area contributed by atoms with E-state index in [9.17, 15) is 14.4 Å². The molecule has 1 N–H and O–H groups in total. The molecule has 168 valence electrons. The van der Waals surface area contributed by atoms with Gasteiger partial charge >= 0.3 is 5.97 Å². The van der Waals surface area contributed by atoms with Gasteiger partial charge in [-0.05, 0) is 44.9 Å². The zero-order chi connectivity index (χ0) is 23.1. The van der Waals surface area contributed by atoms with Crippen LogP contribution in [0.25, 0.3) is 21.8 Å². The number of hydrogen-bond donors (Lipinski definition) is 1. The quantitative estimate of drug-likeness (QED) is 0.340. The summed E-state index contributed by atoms with van der Waals surface area (Å²) >= 11 is 0. The largest absolute Gasteiger partial charge is 0.454 e. The highest BCUT2D eigenvalue weighted by molar-refractivity contribution is 6.11. The second kappa shape index (κ2) is 8.31. The van der Waals surface area contributed by atoms with E-state index in [1.54, 1.807) is 23.6 Å². The molecule has 1 aliphatic rings. The van der Waals surface area contributed by atoms with Crippen molar-refractivity contribution >= 4 is 33.6 Å². The summed E-state index contributed by atoms with van der Waals surface area (Å²) in [5, 5.41) is 1.40. The van der Waals surface area contributed by atoms with Gasteiger partial charge in [-0.3, -0.25) is 19.0 Å². The van der Waals surface area contributed by atoms with Crippen LogP contribution >= 0.6 is 0 Å². The molecule has 0 unspecified atom stereocenters. The fourth-order valence-electron chi connectivity index (χ4n) is 4.40. The van der Waals surface area contributed by atoms with E-state index in [-0.39, 0.29) is 30.2 Å². The molecular weight excluding hydrogens is 418 g/mol. The van der Waals surface area contributed by atoms with Gasteiger partial charge in [0.25, 0.3) is 5.56 Å². The van der Waals surface area contributed by atoms with E-state index < -0.39 is 12.1 Å². The van der Waals surface area contributed by atoms with E-state index in [2.05, 4.69) is 9.97 Å². The number of H-pyrrole nitrogens is 1. The van der Waals surface area contributed by atoms with Crippen LogP contribution in [0.5, 0.6) is 0 Å². The molecule has 2 heterocycles. The number of para-hydroxylation sites is 2. The Bertz CT molecular complexity index is 1450. The predicted octanol–water partition coefficient (Wildman–Crippen LogP) is 4.27. The number of fused-ring (bicyclic) bond motifs is 2. The summed E-state index contributed by atoms with van der Waals surface area (Å²) in [6, 6.07) is 15.0. The van der Waals surface area contributed by atoms with E-state index in [1.807, 2.05) is 43.3 Å². The molecule has 0 amide bonds. The summed E-state index contributed by atoms with van der Waals surface area (Å²) in [5.41, 5.74) is 2.73. The first kappa shape index (κ1) is 21.1. The lowest BCUT2D eigenvalue weighted by Gasteiger charge is -2.14. The van der Waals surface area contributed by atoms with Gasteiger partial charge in [-0.25, -0.2) is 4.98 Å². The first-order valence-corrected chi connectivity index (χ1v) is 11.2. The van der Waals surface area contributed by atoms with Crippen molar-refractivity contribution in [1.82, 2.24) is 14.5 Å². The molecule has 0 bridgehead atoms. The maximum atomic E-state index is 13.0. The maximum absolute atomic E-state index is 13.0. The number of hydrogen-bond acceptors (Lipinski definition) is 5. The SMILES string of the molecule is Cc1[nH]c2ccccc2c1C(=O)[C@H](C)OC(=O)CCc1nc2ccccc2c(=O)n1C1CC1. The van der Waals surface area contributed by atoms with Gasteiger partial charge < -0.3 is 9.72 Å². The first-order valence-electron chi connectivity index (χ1n) is 11.2. The van der Waals surface area contributed by atoms with E-state index in [0.717, 1.165) is 29.4 Å². The summed E-state index contributed by atoms with van der Waals surface area (Å²) in [5.74, 6) is -0.139. The minimum absolute atomic E-state index is 0.0436. The minimum Gasteiger partial charge on any atom is -0.454 e. The number of carbonyl (C=O) groups excluding carboxylic acids is 2. The topological polar surface area (TPSA) is 94.1 Å². The van der Waals surface area contributed by atoms with Crippen LogP contribution in [0, 0.1) is 6.92 Å². The number of aryl methyl sites for hydroxylation is 2. The van der Waals surface area contributed by atoms with Crippen molar-refractivity contribution in [2.75, 3.05) is 0 Å². The van der Waals surface area contributed by atoms with Crippen LogP contribution < -0.4 is 5.56 Å². The molecule has 5 rings (SSSR count). The Hall–Kier alpha value is -3.74. The molecule has 0 spiro atoms. The number of esters is 1. The molecule has 1 fully saturated rings. The summed E-state index contributed by atoms with van der Waals surface area (Å²) in [6.45, 7) is 3.43. The van der Waals surface area contributed by atoms with E-state index in [4.69, 9.17) is 4.74 Å². The van der Waals surface area contributed by atoms with Crippen molar-refractivity contribution in [1.29, 1.82) is 0 Å². The number of aromatic amines is 1. The lowest BCUT2D eigenvalue weighted by molar-refractivity contribution is -0.146. The van der Waals surface area contributed by atoms with Crippen molar-refractivity contribution < 1.29 is 14.3 Å². The number of aromatic nitrogens is 3. The third-order valence-electron chi connectivity index (χ3n) is 6.16. The van der Waals surface area contributed by atoms with Crippen LogP contribution in [-0.4, -0.2) is 32.4 Å². The molecule has 4 aromatic rings. The Kier molecular flexibility index (Phi) is 5.32. The molecule has 7 heteroatoms. The molecule has 33 heavy (non-hydrogen) atoms. The Morgan fingerprint density at radius 3 is 2.58 bits per heavy atom. The van der Waals surface area contributed by atoms with Crippen molar-refractivity contribution in [3.8, 4) is 0 Å². The average Bonchev–Trinajstić information content (AvgIpc) is 3.58. The van der Waals surface area contributed by atoms with E-state index in [0.29, 0.717) is 22.3 Å². The molecule has 2 aromatic carbocycles. The highest BCUT2D eigenvalue weighted by atomic mass is 16.5. The van der Waals surface area contributed by atoms with Gasteiger partial charge in [0.2, 0.25) is 5.78 Å². The number of Topliss-reactive ketones (excluding diaryl/α,β-unsaturated/α-hetero) is 1. The number of rotatable bonds is 7. The number of carbonyl (C=O) groups is 2. The molecule has 2 aromatic heterocycles. The van der Waals surface area contributed by atoms with Gasteiger partial charge in [0.1, 0.15) is 5.82 Å². The van der Waals surface area contributed by atoms with Crippen LogP contribution in [-0.2, 0) is 16.0 Å². The third kappa shape index (κ3) is 3.95. The number of ether oxygens (including phenoxy) is 1. The highest BCUT2D eigenvalue weighted by Gasteiger charge is 2.29. The standard InChI is InChI=1S/C26H25N3O4/c1-15-24(18-7-3-5-9-20(18)27-15)25(31)16(2)33-23(30)14-13-22-28-21-10-6-4-8-19(21)26(32)29(22)17-11-12-17/h3-10,16-17,27H,11-14H2,1-2H3/t16-/m0/s1. The highest BCUT2D eigenvalue weighted by Crippen LogP contribution is 2.35. The molecule has 0 aliphatic heterocycles. The van der Waals surface area contributed by atoms with Gasteiger partial charge in [0.15, 0.2) is 6.10 Å². The smallest absolute Gasteiger partial charge is 0.306 e. The average molecular weight is 444 g/mol. The zero-order valence-corrected chi connectivity index (χ0v) is 18.6. The minimum atomic E-state index is -0.911. The fraction of sp³-hybridized carbons (Fsp3) is 0.308. The summed E-state index contributed by atoms with van der Waals surface area (Å²) in [6.07, 6.45) is 1.29. The first-order chi connectivity index (χ1) is 15.9. The number of nitrogens with zero attached hydrogens (tertiary/aromatic N) is 2.